The minimum Gasteiger partial charge on any atom is -0.356 e. The number of nitrogens with zero attached hydrogens (tertiary/aromatic N) is 1. The number of amides is 1. The number of hydrogen-bond acceptors (Lipinski definition) is 3. The number of para-hydroxylation sites is 1. The summed E-state index contributed by atoms with van der Waals surface area (Å²) in [5.41, 5.74) is 3.54. The molecule has 0 unspecified atom stereocenters. The Morgan fingerprint density at radius 1 is 1.14 bits per heavy atom. The molecule has 0 fully saturated rings. The van der Waals surface area contributed by atoms with Gasteiger partial charge in [-0.05, 0) is 55.0 Å². The molecule has 0 aromatic heterocycles. The van der Waals surface area contributed by atoms with Gasteiger partial charge in [-0.3, -0.25) is 9.10 Å². The van der Waals surface area contributed by atoms with Gasteiger partial charge in [0.2, 0.25) is 15.9 Å². The maximum absolute atomic E-state index is 12.9. The molecule has 5 nitrogen and oxygen atoms in total. The van der Waals surface area contributed by atoms with E-state index in [2.05, 4.69) is 5.32 Å². The van der Waals surface area contributed by atoms with Crippen molar-refractivity contribution in [2.45, 2.75) is 39.5 Å². The summed E-state index contributed by atoms with van der Waals surface area (Å²) in [5.74, 6) is -0.408. The van der Waals surface area contributed by atoms with E-state index in [-0.39, 0.29) is 24.7 Å². The van der Waals surface area contributed by atoms with Crippen molar-refractivity contribution in [3.05, 3.63) is 65.0 Å². The van der Waals surface area contributed by atoms with Gasteiger partial charge in [-0.2, -0.15) is 0 Å². The molecule has 0 aliphatic carbocycles. The van der Waals surface area contributed by atoms with Crippen molar-refractivity contribution in [1.82, 2.24) is 5.32 Å². The molecule has 7 heteroatoms. The zero-order valence-corrected chi connectivity index (χ0v) is 18.1. The molecular formula is C22H29FN2O3S. The summed E-state index contributed by atoms with van der Waals surface area (Å²) in [5, 5.41) is 2.83. The van der Waals surface area contributed by atoms with Crippen molar-refractivity contribution < 1.29 is 17.6 Å². The standard InChI is InChI=1S/C22H29FN2O3S/c1-4-19-8-5-7-17(2)22(19)25(29(3,27)28)16-6-9-21(26)24-15-14-18-10-12-20(23)13-11-18/h5,7-8,10-13H,4,6,9,14-16H2,1-3H3,(H,24,26). The van der Waals surface area contributed by atoms with E-state index in [0.29, 0.717) is 25.1 Å². The Morgan fingerprint density at radius 3 is 2.45 bits per heavy atom. The first-order chi connectivity index (χ1) is 13.7. The zero-order valence-electron chi connectivity index (χ0n) is 17.2. The van der Waals surface area contributed by atoms with Crippen molar-refractivity contribution in [3.8, 4) is 0 Å². The highest BCUT2D eigenvalue weighted by molar-refractivity contribution is 7.92. The molecule has 0 spiro atoms. The van der Waals surface area contributed by atoms with Crippen molar-refractivity contribution in [2.75, 3.05) is 23.7 Å². The highest BCUT2D eigenvalue weighted by Gasteiger charge is 2.21. The number of benzene rings is 2. The topological polar surface area (TPSA) is 66.5 Å². The first-order valence-electron chi connectivity index (χ1n) is 9.79. The Hall–Kier alpha value is -2.41. The molecule has 2 aromatic carbocycles. The molecule has 1 N–H and O–H groups in total. The van der Waals surface area contributed by atoms with Crippen LogP contribution in [-0.4, -0.2) is 33.7 Å². The van der Waals surface area contributed by atoms with E-state index in [1.165, 1.54) is 22.7 Å². The van der Waals surface area contributed by atoms with Crippen LogP contribution < -0.4 is 9.62 Å². The fraction of sp³-hybridized carbons (Fsp3) is 0.409. The van der Waals surface area contributed by atoms with Crippen LogP contribution in [0.15, 0.2) is 42.5 Å². The van der Waals surface area contributed by atoms with E-state index in [1.54, 1.807) is 12.1 Å². The first kappa shape index (κ1) is 22.9. The second-order valence-electron chi connectivity index (χ2n) is 7.10. The molecule has 0 saturated heterocycles. The number of hydrogen-bond donors (Lipinski definition) is 1. The smallest absolute Gasteiger partial charge is 0.232 e. The molecule has 0 heterocycles. The highest BCUT2D eigenvalue weighted by atomic mass is 32.2. The molecule has 0 aliphatic heterocycles. The van der Waals surface area contributed by atoms with E-state index in [1.807, 2.05) is 32.0 Å². The van der Waals surface area contributed by atoms with Gasteiger partial charge in [0, 0.05) is 19.5 Å². The molecular weight excluding hydrogens is 391 g/mol. The quantitative estimate of drug-likeness (QED) is 0.639. The molecule has 2 rings (SSSR count). The number of anilines is 1. The van der Waals surface area contributed by atoms with Crippen LogP contribution >= 0.6 is 0 Å². The lowest BCUT2D eigenvalue weighted by Gasteiger charge is -2.26. The van der Waals surface area contributed by atoms with E-state index >= 15 is 0 Å². The summed E-state index contributed by atoms with van der Waals surface area (Å²) in [7, 11) is -3.46. The Kier molecular flexibility index (Phi) is 8.20. The van der Waals surface area contributed by atoms with Crippen molar-refractivity contribution in [3.63, 3.8) is 0 Å². The molecule has 0 atom stereocenters. The lowest BCUT2D eigenvalue weighted by molar-refractivity contribution is -0.121. The second kappa shape index (κ2) is 10.4. The van der Waals surface area contributed by atoms with E-state index in [0.717, 1.165) is 23.1 Å². The SMILES string of the molecule is CCc1cccc(C)c1N(CCCC(=O)NCCc1ccc(F)cc1)S(C)(=O)=O. The van der Waals surface area contributed by atoms with Crippen LogP contribution in [0.4, 0.5) is 10.1 Å². The summed E-state index contributed by atoms with van der Waals surface area (Å²) in [6.07, 6.45) is 3.20. The van der Waals surface area contributed by atoms with Gasteiger partial charge in [0.15, 0.2) is 0 Å². The largest absolute Gasteiger partial charge is 0.356 e. The normalized spacial score (nSPS) is 11.3. The minimum atomic E-state index is -3.46. The van der Waals surface area contributed by atoms with E-state index < -0.39 is 10.0 Å². The van der Waals surface area contributed by atoms with Gasteiger partial charge in [0.1, 0.15) is 5.82 Å². The van der Waals surface area contributed by atoms with Gasteiger partial charge in [-0.1, -0.05) is 37.3 Å². The Balaban J connectivity index is 1.90. The minimum absolute atomic E-state index is 0.124. The molecule has 29 heavy (non-hydrogen) atoms. The lowest BCUT2D eigenvalue weighted by atomic mass is 10.1. The van der Waals surface area contributed by atoms with Crippen molar-refractivity contribution >= 4 is 21.6 Å². The summed E-state index contributed by atoms with van der Waals surface area (Å²) in [4.78, 5) is 12.1. The van der Waals surface area contributed by atoms with Crippen LogP contribution in [0.25, 0.3) is 0 Å². The maximum atomic E-state index is 12.9. The number of sulfonamides is 1. The van der Waals surface area contributed by atoms with Crippen molar-refractivity contribution in [2.24, 2.45) is 0 Å². The first-order valence-corrected chi connectivity index (χ1v) is 11.6. The van der Waals surface area contributed by atoms with Crippen LogP contribution in [0.1, 0.15) is 36.5 Å². The average molecular weight is 421 g/mol. The van der Waals surface area contributed by atoms with Crippen LogP contribution in [0, 0.1) is 12.7 Å². The van der Waals surface area contributed by atoms with Gasteiger partial charge in [0.05, 0.1) is 11.9 Å². The van der Waals surface area contributed by atoms with Crippen LogP contribution in [0.3, 0.4) is 0 Å². The molecule has 0 aliphatic rings. The third-order valence-corrected chi connectivity index (χ3v) is 5.93. The van der Waals surface area contributed by atoms with Crippen LogP contribution in [0.2, 0.25) is 0 Å². The third kappa shape index (κ3) is 6.85. The van der Waals surface area contributed by atoms with Crippen molar-refractivity contribution in [1.29, 1.82) is 0 Å². The lowest BCUT2D eigenvalue weighted by Crippen LogP contribution is -2.33. The monoisotopic (exact) mass is 420 g/mol. The zero-order chi connectivity index (χ0) is 21.4. The highest BCUT2D eigenvalue weighted by Crippen LogP contribution is 2.28. The fourth-order valence-electron chi connectivity index (χ4n) is 3.27. The van der Waals surface area contributed by atoms with Gasteiger partial charge in [-0.15, -0.1) is 0 Å². The van der Waals surface area contributed by atoms with Crippen LogP contribution in [0.5, 0.6) is 0 Å². The molecule has 2 aromatic rings. The average Bonchev–Trinajstić information content (AvgIpc) is 2.66. The van der Waals surface area contributed by atoms with Gasteiger partial charge in [0.25, 0.3) is 0 Å². The number of carbonyl (C=O) groups excluding carboxylic acids is 1. The molecule has 158 valence electrons. The summed E-state index contributed by atoms with van der Waals surface area (Å²) >= 11 is 0. The Labute approximate surface area is 173 Å². The number of carbonyl (C=O) groups is 1. The Bertz CT molecular complexity index is 928. The predicted molar refractivity (Wildman–Crippen MR) is 115 cm³/mol. The summed E-state index contributed by atoms with van der Waals surface area (Å²) in [6.45, 7) is 4.60. The number of halogens is 1. The summed E-state index contributed by atoms with van der Waals surface area (Å²) < 4.78 is 39.1. The predicted octanol–water partition coefficient (Wildman–Crippen LogP) is 3.60. The second-order valence-corrected chi connectivity index (χ2v) is 9.01. The summed E-state index contributed by atoms with van der Waals surface area (Å²) in [6, 6.07) is 11.9. The van der Waals surface area contributed by atoms with Gasteiger partial charge in [-0.25, -0.2) is 12.8 Å². The maximum Gasteiger partial charge on any atom is 0.232 e. The fourth-order valence-corrected chi connectivity index (χ4v) is 4.33. The number of aryl methyl sites for hydroxylation is 2. The van der Waals surface area contributed by atoms with Gasteiger partial charge < -0.3 is 5.32 Å². The number of nitrogens with one attached hydrogen (secondary N) is 1. The Morgan fingerprint density at radius 2 is 1.83 bits per heavy atom. The van der Waals surface area contributed by atoms with E-state index in [9.17, 15) is 17.6 Å². The molecule has 1 amide bonds. The van der Waals surface area contributed by atoms with Gasteiger partial charge >= 0.3 is 0 Å². The molecule has 0 radical (unpaired) electrons. The van der Waals surface area contributed by atoms with E-state index in [4.69, 9.17) is 0 Å². The molecule has 0 bridgehead atoms. The molecule has 0 saturated carbocycles. The third-order valence-electron chi connectivity index (χ3n) is 4.77. The number of rotatable bonds is 10. The van der Waals surface area contributed by atoms with Crippen LogP contribution in [-0.2, 0) is 27.7 Å².